The summed E-state index contributed by atoms with van der Waals surface area (Å²) in [4.78, 5) is 2.28. The van der Waals surface area contributed by atoms with Crippen LogP contribution in [0.2, 0.25) is 5.02 Å². The average molecular weight is 257 g/mol. The van der Waals surface area contributed by atoms with E-state index in [2.05, 4.69) is 15.6 Å². The van der Waals surface area contributed by atoms with Gasteiger partial charge in [-0.25, -0.2) is 0 Å². The van der Waals surface area contributed by atoms with Crippen molar-refractivity contribution < 1.29 is 0 Å². The molecule has 0 aliphatic carbocycles. The summed E-state index contributed by atoms with van der Waals surface area (Å²) in [6.07, 6.45) is 0. The molecule has 0 bridgehead atoms. The first-order valence-electron chi connectivity index (χ1n) is 6.03. The maximum absolute atomic E-state index is 6.18. The smallest absolute Gasteiger partial charge is 0.0660 e. The van der Waals surface area contributed by atoms with E-state index in [9.17, 15) is 0 Å². The van der Waals surface area contributed by atoms with Crippen LogP contribution in [0.25, 0.3) is 0 Å². The topological polar surface area (TPSA) is 53.3 Å². The van der Waals surface area contributed by atoms with Gasteiger partial charge in [0.15, 0.2) is 0 Å². The summed E-state index contributed by atoms with van der Waals surface area (Å²) in [6.45, 7) is 8.00. The van der Waals surface area contributed by atoms with Gasteiger partial charge >= 0.3 is 0 Å². The lowest BCUT2D eigenvalue weighted by Crippen LogP contribution is -2.43. The van der Waals surface area contributed by atoms with Gasteiger partial charge in [0.25, 0.3) is 0 Å². The maximum Gasteiger partial charge on any atom is 0.0660 e. The Labute approximate surface area is 108 Å². The van der Waals surface area contributed by atoms with E-state index in [0.29, 0.717) is 0 Å². The van der Waals surface area contributed by atoms with Crippen LogP contribution in [0.15, 0.2) is 18.2 Å². The predicted octanol–water partition coefficient (Wildman–Crippen LogP) is 2.06. The second-order valence-electron chi connectivity index (χ2n) is 3.55. The molecule has 1 heterocycles. The number of hydrazine groups is 1. The second kappa shape index (κ2) is 7.37. The summed E-state index contributed by atoms with van der Waals surface area (Å²) in [7, 11) is 0. The number of benzene rings is 1. The van der Waals surface area contributed by atoms with Crippen molar-refractivity contribution in [2.45, 2.75) is 13.8 Å². The molecule has 1 aliphatic rings. The van der Waals surface area contributed by atoms with Gasteiger partial charge in [-0.3, -0.25) is 5.84 Å². The van der Waals surface area contributed by atoms with Gasteiger partial charge in [-0.15, -0.1) is 0 Å². The summed E-state index contributed by atoms with van der Waals surface area (Å²) in [5.41, 5.74) is 4.50. The van der Waals surface area contributed by atoms with Crippen LogP contribution in [-0.2, 0) is 0 Å². The van der Waals surface area contributed by atoms with E-state index < -0.39 is 0 Å². The Bertz CT molecular complexity index is 337. The summed E-state index contributed by atoms with van der Waals surface area (Å²) >= 11 is 6.18. The highest BCUT2D eigenvalue weighted by atomic mass is 35.5. The first kappa shape index (κ1) is 14.1. The minimum atomic E-state index is 0.743. The van der Waals surface area contributed by atoms with Gasteiger partial charge in [0.2, 0.25) is 0 Å². The molecule has 0 spiro atoms. The number of hydrogen-bond donors (Lipinski definition) is 3. The van der Waals surface area contributed by atoms with Crippen molar-refractivity contribution in [2.75, 3.05) is 36.5 Å². The van der Waals surface area contributed by atoms with Crippen LogP contribution in [0.4, 0.5) is 11.4 Å². The van der Waals surface area contributed by atoms with E-state index in [1.165, 1.54) is 0 Å². The molecule has 0 saturated carbocycles. The molecule has 0 aromatic heterocycles. The van der Waals surface area contributed by atoms with Crippen LogP contribution in [0.5, 0.6) is 0 Å². The van der Waals surface area contributed by atoms with Crippen molar-refractivity contribution in [3.63, 3.8) is 0 Å². The van der Waals surface area contributed by atoms with Crippen LogP contribution in [0, 0.1) is 0 Å². The predicted molar refractivity (Wildman–Crippen MR) is 75.7 cm³/mol. The third-order valence-electron chi connectivity index (χ3n) is 2.57. The first-order valence-corrected chi connectivity index (χ1v) is 6.41. The highest BCUT2D eigenvalue weighted by molar-refractivity contribution is 6.33. The van der Waals surface area contributed by atoms with Gasteiger partial charge in [-0.2, -0.15) is 0 Å². The number of rotatable bonds is 2. The fourth-order valence-corrected chi connectivity index (χ4v) is 2.06. The Hall–Kier alpha value is -0.970. The molecule has 0 radical (unpaired) electrons. The van der Waals surface area contributed by atoms with E-state index >= 15 is 0 Å². The molecule has 0 amide bonds. The Balaban J connectivity index is 0.000000686. The zero-order valence-electron chi connectivity index (χ0n) is 10.5. The molecule has 0 atom stereocenters. The number of nitrogen functional groups attached to an aromatic ring is 1. The molecule has 96 valence electrons. The molecule has 1 aromatic carbocycles. The average Bonchev–Trinajstić information content (AvgIpc) is 2.42. The van der Waals surface area contributed by atoms with Crippen LogP contribution >= 0.6 is 11.6 Å². The van der Waals surface area contributed by atoms with Crippen molar-refractivity contribution in [2.24, 2.45) is 5.84 Å². The van der Waals surface area contributed by atoms with Gasteiger partial charge in [0.05, 0.1) is 16.4 Å². The zero-order chi connectivity index (χ0) is 12.7. The lowest BCUT2D eigenvalue weighted by Gasteiger charge is -2.30. The molecule has 5 heteroatoms. The van der Waals surface area contributed by atoms with E-state index in [-0.39, 0.29) is 0 Å². The van der Waals surface area contributed by atoms with Gasteiger partial charge in [0, 0.05) is 26.2 Å². The zero-order valence-corrected chi connectivity index (χ0v) is 11.2. The van der Waals surface area contributed by atoms with E-state index in [1.54, 1.807) is 0 Å². The Kier molecular flexibility index (Phi) is 6.11. The molecule has 1 aliphatic heterocycles. The van der Waals surface area contributed by atoms with Crippen molar-refractivity contribution in [1.82, 2.24) is 5.32 Å². The van der Waals surface area contributed by atoms with Crippen LogP contribution < -0.4 is 21.5 Å². The summed E-state index contributed by atoms with van der Waals surface area (Å²) in [5, 5.41) is 4.05. The standard InChI is InChI=1S/C10H15ClN4.C2H6/c11-9-7-8(14-12)1-2-10(9)15-5-3-13-4-6-15;1-2/h1-2,7,13-14H,3-6,12H2;1-2H3. The first-order chi connectivity index (χ1) is 8.31. The number of nitrogens with one attached hydrogen (secondary N) is 2. The van der Waals surface area contributed by atoms with Crippen molar-refractivity contribution in [3.05, 3.63) is 23.2 Å². The molecule has 1 fully saturated rings. The molecule has 1 saturated heterocycles. The third-order valence-corrected chi connectivity index (χ3v) is 2.87. The molecule has 4 N–H and O–H groups in total. The lowest BCUT2D eigenvalue weighted by molar-refractivity contribution is 0.589. The fourth-order valence-electron chi connectivity index (χ4n) is 1.76. The van der Waals surface area contributed by atoms with Crippen molar-refractivity contribution in [3.8, 4) is 0 Å². The number of piperazine rings is 1. The quantitative estimate of drug-likeness (QED) is 0.560. The Morgan fingerprint density at radius 1 is 1.29 bits per heavy atom. The van der Waals surface area contributed by atoms with E-state index in [4.69, 9.17) is 17.4 Å². The number of hydrogen-bond acceptors (Lipinski definition) is 4. The lowest BCUT2D eigenvalue weighted by atomic mass is 10.2. The van der Waals surface area contributed by atoms with Crippen LogP contribution in [0.3, 0.4) is 0 Å². The molecule has 1 aromatic rings. The van der Waals surface area contributed by atoms with Gasteiger partial charge in [0.1, 0.15) is 0 Å². The summed E-state index contributed by atoms with van der Waals surface area (Å²) in [5.74, 6) is 5.31. The van der Waals surface area contributed by atoms with Gasteiger partial charge in [-0.1, -0.05) is 25.4 Å². The monoisotopic (exact) mass is 256 g/mol. The van der Waals surface area contributed by atoms with Crippen LogP contribution in [-0.4, -0.2) is 26.2 Å². The van der Waals surface area contributed by atoms with Crippen molar-refractivity contribution >= 4 is 23.0 Å². The number of nitrogens with two attached hydrogens (primary N) is 1. The normalized spacial score (nSPS) is 14.9. The number of nitrogens with zero attached hydrogens (tertiary/aromatic N) is 1. The third kappa shape index (κ3) is 3.77. The minimum Gasteiger partial charge on any atom is -0.368 e. The van der Waals surface area contributed by atoms with E-state index in [0.717, 1.165) is 42.6 Å². The molecular formula is C12H21ClN4. The molecule has 17 heavy (non-hydrogen) atoms. The minimum absolute atomic E-state index is 0.743. The number of anilines is 2. The summed E-state index contributed by atoms with van der Waals surface area (Å²) < 4.78 is 0. The Morgan fingerprint density at radius 2 is 1.94 bits per heavy atom. The fraction of sp³-hybridized carbons (Fsp3) is 0.500. The molecular weight excluding hydrogens is 236 g/mol. The highest BCUT2D eigenvalue weighted by Crippen LogP contribution is 2.28. The Morgan fingerprint density at radius 3 is 2.47 bits per heavy atom. The van der Waals surface area contributed by atoms with Gasteiger partial charge < -0.3 is 15.6 Å². The summed E-state index contributed by atoms with van der Waals surface area (Å²) in [6, 6.07) is 5.78. The molecule has 4 nitrogen and oxygen atoms in total. The largest absolute Gasteiger partial charge is 0.368 e. The SMILES string of the molecule is CC.NNc1ccc(N2CCNCC2)c(Cl)c1. The van der Waals surface area contributed by atoms with Crippen LogP contribution in [0.1, 0.15) is 13.8 Å². The van der Waals surface area contributed by atoms with Crippen molar-refractivity contribution in [1.29, 1.82) is 0 Å². The molecule has 0 unspecified atom stereocenters. The maximum atomic E-state index is 6.18. The number of halogens is 1. The molecule has 2 rings (SSSR count). The van der Waals surface area contributed by atoms with Gasteiger partial charge in [-0.05, 0) is 18.2 Å². The highest BCUT2D eigenvalue weighted by Gasteiger charge is 2.13. The second-order valence-corrected chi connectivity index (χ2v) is 3.95. The van der Waals surface area contributed by atoms with E-state index in [1.807, 2.05) is 32.0 Å².